The lowest BCUT2D eigenvalue weighted by atomic mass is 9.89. The van der Waals surface area contributed by atoms with E-state index < -0.39 is 0 Å². The molecule has 1 aliphatic carbocycles. The largest absolute Gasteiger partial charge is 0.504 e. The second-order valence-corrected chi connectivity index (χ2v) is 6.44. The first-order valence-corrected chi connectivity index (χ1v) is 8.70. The van der Waals surface area contributed by atoms with Crippen molar-refractivity contribution in [3.05, 3.63) is 23.8 Å². The van der Waals surface area contributed by atoms with Crippen molar-refractivity contribution in [1.29, 1.82) is 0 Å². The molecule has 0 unspecified atom stereocenters. The first-order chi connectivity index (χ1) is 10.8. The fourth-order valence-corrected chi connectivity index (χ4v) is 4.00. The fraction of sp³-hybridized carbons (Fsp3) is 0.667. The minimum absolute atomic E-state index is 0.246. The lowest BCUT2D eigenvalue weighted by molar-refractivity contribution is 0.125. The molecule has 1 saturated carbocycles. The molecular formula is C18H28N2O2. The molecule has 1 atom stereocenters. The van der Waals surface area contributed by atoms with E-state index in [-0.39, 0.29) is 5.75 Å². The minimum atomic E-state index is 0.246. The maximum absolute atomic E-state index is 9.97. The van der Waals surface area contributed by atoms with Crippen LogP contribution in [0.5, 0.6) is 11.5 Å². The van der Waals surface area contributed by atoms with Gasteiger partial charge in [0, 0.05) is 32.2 Å². The van der Waals surface area contributed by atoms with Crippen LogP contribution in [0.15, 0.2) is 18.2 Å². The number of ether oxygens (including phenoxy) is 1. The lowest BCUT2D eigenvalue weighted by Gasteiger charge is -2.38. The van der Waals surface area contributed by atoms with E-state index in [1.165, 1.54) is 31.2 Å². The number of hydrogen-bond acceptors (Lipinski definition) is 4. The number of hydrogen-bond donors (Lipinski definition) is 2. The highest BCUT2D eigenvalue weighted by atomic mass is 16.5. The summed E-state index contributed by atoms with van der Waals surface area (Å²) in [6.45, 7) is 6.88. The lowest BCUT2D eigenvalue weighted by Crippen LogP contribution is -2.46. The van der Waals surface area contributed by atoms with Gasteiger partial charge in [-0.1, -0.05) is 18.9 Å². The van der Waals surface area contributed by atoms with E-state index in [0.717, 1.165) is 32.1 Å². The smallest absolute Gasteiger partial charge is 0.161 e. The SMILES string of the molecule is CCOc1cc([C@@H](C2CCCC2)N2CCNCC2)ccc1O. The van der Waals surface area contributed by atoms with Crippen molar-refractivity contribution >= 4 is 0 Å². The van der Waals surface area contributed by atoms with Crippen LogP contribution in [0.4, 0.5) is 0 Å². The van der Waals surface area contributed by atoms with Crippen LogP contribution in [0.2, 0.25) is 0 Å². The highest BCUT2D eigenvalue weighted by Gasteiger charge is 2.32. The van der Waals surface area contributed by atoms with Crippen molar-refractivity contribution in [3.8, 4) is 11.5 Å². The summed E-state index contributed by atoms with van der Waals surface area (Å²) >= 11 is 0. The Balaban J connectivity index is 1.88. The molecule has 4 nitrogen and oxygen atoms in total. The molecule has 0 bridgehead atoms. The van der Waals surface area contributed by atoms with Crippen molar-refractivity contribution in [1.82, 2.24) is 10.2 Å². The van der Waals surface area contributed by atoms with Crippen LogP contribution in [-0.4, -0.2) is 42.8 Å². The number of rotatable bonds is 5. The zero-order chi connectivity index (χ0) is 15.4. The molecule has 1 saturated heterocycles. The summed E-state index contributed by atoms with van der Waals surface area (Å²) in [7, 11) is 0. The summed E-state index contributed by atoms with van der Waals surface area (Å²) in [5.41, 5.74) is 1.30. The number of nitrogens with zero attached hydrogens (tertiary/aromatic N) is 1. The van der Waals surface area contributed by atoms with Crippen molar-refractivity contribution < 1.29 is 9.84 Å². The van der Waals surface area contributed by atoms with Gasteiger partial charge < -0.3 is 15.2 Å². The Labute approximate surface area is 133 Å². The summed E-state index contributed by atoms with van der Waals surface area (Å²) in [6.07, 6.45) is 5.34. The highest BCUT2D eigenvalue weighted by Crippen LogP contribution is 2.41. The fourth-order valence-electron chi connectivity index (χ4n) is 4.00. The Morgan fingerprint density at radius 2 is 2.00 bits per heavy atom. The van der Waals surface area contributed by atoms with Gasteiger partial charge in [0.05, 0.1) is 6.61 Å². The van der Waals surface area contributed by atoms with Gasteiger partial charge >= 0.3 is 0 Å². The number of phenolic OH excluding ortho intramolecular Hbond substituents is 1. The van der Waals surface area contributed by atoms with Crippen LogP contribution in [0, 0.1) is 5.92 Å². The summed E-state index contributed by atoms with van der Waals surface area (Å²) in [6, 6.07) is 6.40. The van der Waals surface area contributed by atoms with Crippen molar-refractivity contribution in [3.63, 3.8) is 0 Å². The van der Waals surface area contributed by atoms with Gasteiger partial charge in [0.1, 0.15) is 0 Å². The van der Waals surface area contributed by atoms with Crippen LogP contribution < -0.4 is 10.1 Å². The van der Waals surface area contributed by atoms with E-state index in [1.807, 2.05) is 6.92 Å². The summed E-state index contributed by atoms with van der Waals surface area (Å²) in [5, 5.41) is 13.4. The highest BCUT2D eigenvalue weighted by molar-refractivity contribution is 5.43. The molecule has 1 aliphatic heterocycles. The third kappa shape index (κ3) is 3.39. The summed E-state index contributed by atoms with van der Waals surface area (Å²) < 4.78 is 5.60. The number of benzene rings is 1. The van der Waals surface area contributed by atoms with E-state index in [1.54, 1.807) is 6.07 Å². The van der Waals surface area contributed by atoms with Gasteiger partial charge in [0.25, 0.3) is 0 Å². The maximum Gasteiger partial charge on any atom is 0.161 e. The Kier molecular flexibility index (Phi) is 5.21. The van der Waals surface area contributed by atoms with Crippen LogP contribution in [0.1, 0.15) is 44.2 Å². The molecular weight excluding hydrogens is 276 g/mol. The van der Waals surface area contributed by atoms with Crippen LogP contribution in [-0.2, 0) is 0 Å². The summed E-state index contributed by atoms with van der Waals surface area (Å²) in [5.74, 6) is 1.60. The normalized spacial score (nSPS) is 21.9. The van der Waals surface area contributed by atoms with E-state index in [0.29, 0.717) is 18.4 Å². The molecule has 0 aromatic heterocycles. The Morgan fingerprint density at radius 3 is 2.68 bits per heavy atom. The van der Waals surface area contributed by atoms with E-state index in [2.05, 4.69) is 22.3 Å². The number of aromatic hydroxyl groups is 1. The van der Waals surface area contributed by atoms with Gasteiger partial charge in [-0.2, -0.15) is 0 Å². The minimum Gasteiger partial charge on any atom is -0.504 e. The number of phenols is 1. The molecule has 2 aliphatic rings. The van der Waals surface area contributed by atoms with Gasteiger partial charge in [-0.15, -0.1) is 0 Å². The molecule has 4 heteroatoms. The van der Waals surface area contributed by atoms with Crippen LogP contribution in [0.3, 0.4) is 0 Å². The quantitative estimate of drug-likeness (QED) is 0.878. The molecule has 0 radical (unpaired) electrons. The number of piperazine rings is 1. The van der Waals surface area contributed by atoms with Gasteiger partial charge in [-0.05, 0) is 43.4 Å². The molecule has 3 rings (SSSR count). The predicted octanol–water partition coefficient (Wildman–Crippen LogP) is 2.93. The van der Waals surface area contributed by atoms with Crippen molar-refractivity contribution in [2.24, 2.45) is 5.92 Å². The third-order valence-electron chi connectivity index (χ3n) is 5.02. The molecule has 2 fully saturated rings. The Hall–Kier alpha value is -1.26. The second kappa shape index (κ2) is 7.34. The molecule has 1 aromatic rings. The predicted molar refractivity (Wildman–Crippen MR) is 88.4 cm³/mol. The van der Waals surface area contributed by atoms with Crippen molar-refractivity contribution in [2.75, 3.05) is 32.8 Å². The third-order valence-corrected chi connectivity index (χ3v) is 5.02. The van der Waals surface area contributed by atoms with Gasteiger partial charge in [-0.3, -0.25) is 4.90 Å². The Bertz CT molecular complexity index is 480. The van der Waals surface area contributed by atoms with Crippen LogP contribution >= 0.6 is 0 Å². The van der Waals surface area contributed by atoms with E-state index >= 15 is 0 Å². The molecule has 0 amide bonds. The molecule has 0 spiro atoms. The zero-order valence-corrected chi connectivity index (χ0v) is 13.6. The molecule has 1 heterocycles. The topological polar surface area (TPSA) is 44.7 Å². The first kappa shape index (κ1) is 15.6. The Morgan fingerprint density at radius 1 is 1.27 bits per heavy atom. The second-order valence-electron chi connectivity index (χ2n) is 6.44. The van der Waals surface area contributed by atoms with Gasteiger partial charge in [0.2, 0.25) is 0 Å². The van der Waals surface area contributed by atoms with E-state index in [9.17, 15) is 5.11 Å². The molecule has 2 N–H and O–H groups in total. The molecule has 22 heavy (non-hydrogen) atoms. The van der Waals surface area contributed by atoms with Gasteiger partial charge in [-0.25, -0.2) is 0 Å². The van der Waals surface area contributed by atoms with E-state index in [4.69, 9.17) is 4.74 Å². The number of nitrogens with one attached hydrogen (secondary N) is 1. The molecule has 1 aromatic carbocycles. The average molecular weight is 304 g/mol. The summed E-state index contributed by atoms with van der Waals surface area (Å²) in [4.78, 5) is 2.62. The monoisotopic (exact) mass is 304 g/mol. The zero-order valence-electron chi connectivity index (χ0n) is 13.6. The van der Waals surface area contributed by atoms with Gasteiger partial charge in [0.15, 0.2) is 11.5 Å². The molecule has 122 valence electrons. The first-order valence-electron chi connectivity index (χ1n) is 8.70. The standard InChI is InChI=1S/C18H28N2O2/c1-2-22-17-13-15(7-8-16(17)21)18(14-5-3-4-6-14)20-11-9-19-10-12-20/h7-8,13-14,18-19,21H,2-6,9-12H2,1H3/t18-/m1/s1. The average Bonchev–Trinajstić information content (AvgIpc) is 3.06. The van der Waals surface area contributed by atoms with Crippen molar-refractivity contribution in [2.45, 2.75) is 38.6 Å². The maximum atomic E-state index is 9.97. The van der Waals surface area contributed by atoms with Crippen LogP contribution in [0.25, 0.3) is 0 Å².